The molecule has 1 N–H and O–H groups in total. The normalized spacial score (nSPS) is 10.2. The number of anilines is 2. The standard InChI is InChI=1S/C10H6BrClFN3/c11-7-2-1-6(13)3-8(7)16-10-4-9(12)14-5-15-10/h1-5H,(H,14,15,16). The van der Waals surface area contributed by atoms with Gasteiger partial charge in [-0.05, 0) is 34.1 Å². The second-order valence-corrected chi connectivity index (χ2v) is 4.22. The number of nitrogens with one attached hydrogen (secondary N) is 1. The Labute approximate surface area is 105 Å². The number of hydrogen-bond acceptors (Lipinski definition) is 3. The lowest BCUT2D eigenvalue weighted by Gasteiger charge is -2.07. The van der Waals surface area contributed by atoms with Crippen LogP contribution < -0.4 is 5.32 Å². The first-order valence-corrected chi connectivity index (χ1v) is 5.52. The molecular weight excluding hydrogens is 296 g/mol. The van der Waals surface area contributed by atoms with Crippen LogP contribution >= 0.6 is 27.5 Å². The average Bonchev–Trinajstić information content (AvgIpc) is 2.24. The van der Waals surface area contributed by atoms with Crippen molar-refractivity contribution in [1.29, 1.82) is 0 Å². The molecule has 0 saturated carbocycles. The van der Waals surface area contributed by atoms with Crippen LogP contribution in [0.25, 0.3) is 0 Å². The lowest BCUT2D eigenvalue weighted by Crippen LogP contribution is -1.95. The highest BCUT2D eigenvalue weighted by Crippen LogP contribution is 2.26. The summed E-state index contributed by atoms with van der Waals surface area (Å²) >= 11 is 9.01. The molecule has 6 heteroatoms. The van der Waals surface area contributed by atoms with E-state index in [0.29, 0.717) is 16.7 Å². The van der Waals surface area contributed by atoms with Gasteiger partial charge in [-0.3, -0.25) is 0 Å². The number of aromatic nitrogens is 2. The number of rotatable bonds is 2. The first-order valence-electron chi connectivity index (χ1n) is 4.35. The maximum Gasteiger partial charge on any atom is 0.135 e. The van der Waals surface area contributed by atoms with Gasteiger partial charge in [-0.15, -0.1) is 0 Å². The summed E-state index contributed by atoms with van der Waals surface area (Å²) in [6.45, 7) is 0. The zero-order valence-corrected chi connectivity index (χ0v) is 10.3. The Morgan fingerprint density at radius 3 is 2.81 bits per heavy atom. The van der Waals surface area contributed by atoms with E-state index in [9.17, 15) is 4.39 Å². The van der Waals surface area contributed by atoms with Crippen molar-refractivity contribution >= 4 is 39.0 Å². The zero-order chi connectivity index (χ0) is 11.5. The summed E-state index contributed by atoms with van der Waals surface area (Å²) in [5, 5.41) is 3.26. The fourth-order valence-electron chi connectivity index (χ4n) is 1.13. The summed E-state index contributed by atoms with van der Waals surface area (Å²) < 4.78 is 13.7. The molecule has 0 aliphatic carbocycles. The first kappa shape index (κ1) is 11.3. The lowest BCUT2D eigenvalue weighted by molar-refractivity contribution is 0.628. The van der Waals surface area contributed by atoms with Gasteiger partial charge in [-0.1, -0.05) is 11.6 Å². The largest absolute Gasteiger partial charge is 0.339 e. The van der Waals surface area contributed by atoms with Gasteiger partial charge in [0.1, 0.15) is 23.1 Å². The summed E-state index contributed by atoms with van der Waals surface area (Å²) in [5.74, 6) is 0.178. The molecular formula is C10H6BrClFN3. The maximum atomic E-state index is 13.0. The van der Waals surface area contributed by atoms with Gasteiger partial charge in [0.2, 0.25) is 0 Å². The Bertz CT molecular complexity index is 521. The summed E-state index contributed by atoms with van der Waals surface area (Å²) in [6, 6.07) is 5.89. The van der Waals surface area contributed by atoms with Crippen LogP contribution in [-0.4, -0.2) is 9.97 Å². The molecule has 82 valence electrons. The molecule has 2 rings (SSSR count). The van der Waals surface area contributed by atoms with Crippen molar-refractivity contribution in [2.24, 2.45) is 0 Å². The SMILES string of the molecule is Fc1ccc(Br)c(Nc2cc(Cl)ncn2)c1. The van der Waals surface area contributed by atoms with E-state index in [2.05, 4.69) is 31.2 Å². The predicted octanol–water partition coefficient (Wildman–Crippen LogP) is 3.78. The van der Waals surface area contributed by atoms with Crippen LogP contribution in [-0.2, 0) is 0 Å². The van der Waals surface area contributed by atoms with Crippen molar-refractivity contribution < 1.29 is 4.39 Å². The van der Waals surface area contributed by atoms with E-state index >= 15 is 0 Å². The molecule has 1 heterocycles. The Kier molecular flexibility index (Phi) is 3.36. The van der Waals surface area contributed by atoms with Crippen LogP contribution in [0.2, 0.25) is 5.15 Å². The molecule has 0 saturated heterocycles. The maximum absolute atomic E-state index is 13.0. The molecule has 16 heavy (non-hydrogen) atoms. The Morgan fingerprint density at radius 2 is 2.06 bits per heavy atom. The minimum absolute atomic E-state index is 0.324. The molecule has 0 unspecified atom stereocenters. The van der Waals surface area contributed by atoms with Gasteiger partial charge in [0.05, 0.1) is 5.69 Å². The summed E-state index contributed by atoms with van der Waals surface area (Å²) in [6.07, 6.45) is 1.33. The van der Waals surface area contributed by atoms with Gasteiger partial charge in [0, 0.05) is 10.5 Å². The second kappa shape index (κ2) is 4.76. The smallest absolute Gasteiger partial charge is 0.135 e. The molecule has 0 fully saturated rings. The molecule has 0 amide bonds. The van der Waals surface area contributed by atoms with Gasteiger partial charge in [0.15, 0.2) is 0 Å². The molecule has 0 bridgehead atoms. The number of halogens is 3. The summed E-state index contributed by atoms with van der Waals surface area (Å²) in [5.41, 5.74) is 0.578. The number of hydrogen-bond donors (Lipinski definition) is 1. The molecule has 1 aromatic carbocycles. The van der Waals surface area contributed by atoms with E-state index in [1.54, 1.807) is 12.1 Å². The highest BCUT2D eigenvalue weighted by molar-refractivity contribution is 9.10. The second-order valence-electron chi connectivity index (χ2n) is 2.98. The third kappa shape index (κ3) is 2.68. The van der Waals surface area contributed by atoms with E-state index in [0.717, 1.165) is 4.47 Å². The molecule has 3 nitrogen and oxygen atoms in total. The third-order valence-electron chi connectivity index (χ3n) is 1.82. The average molecular weight is 303 g/mol. The van der Waals surface area contributed by atoms with Crippen molar-refractivity contribution in [3.63, 3.8) is 0 Å². The highest BCUT2D eigenvalue weighted by atomic mass is 79.9. The van der Waals surface area contributed by atoms with Gasteiger partial charge in [0.25, 0.3) is 0 Å². The fourth-order valence-corrected chi connectivity index (χ4v) is 1.63. The Morgan fingerprint density at radius 1 is 1.25 bits per heavy atom. The first-order chi connectivity index (χ1) is 7.65. The highest BCUT2D eigenvalue weighted by Gasteiger charge is 2.03. The Balaban J connectivity index is 2.30. The van der Waals surface area contributed by atoms with Gasteiger partial charge >= 0.3 is 0 Å². The van der Waals surface area contributed by atoms with E-state index in [1.807, 2.05) is 0 Å². The van der Waals surface area contributed by atoms with Crippen molar-refractivity contribution in [2.45, 2.75) is 0 Å². The van der Waals surface area contributed by atoms with Crippen LogP contribution in [0.3, 0.4) is 0 Å². The van der Waals surface area contributed by atoms with Crippen molar-refractivity contribution in [2.75, 3.05) is 5.32 Å². The minimum atomic E-state index is -0.328. The third-order valence-corrected chi connectivity index (χ3v) is 2.72. The van der Waals surface area contributed by atoms with E-state index < -0.39 is 0 Å². The lowest BCUT2D eigenvalue weighted by atomic mass is 10.3. The van der Waals surface area contributed by atoms with Crippen molar-refractivity contribution in [3.8, 4) is 0 Å². The van der Waals surface area contributed by atoms with E-state index in [1.165, 1.54) is 18.5 Å². The zero-order valence-electron chi connectivity index (χ0n) is 7.92. The number of benzene rings is 1. The number of nitrogens with zero attached hydrogens (tertiary/aromatic N) is 2. The van der Waals surface area contributed by atoms with Crippen LogP contribution in [0, 0.1) is 5.82 Å². The van der Waals surface area contributed by atoms with Crippen molar-refractivity contribution in [3.05, 3.63) is 46.0 Å². The summed E-state index contributed by atoms with van der Waals surface area (Å²) in [7, 11) is 0. The van der Waals surface area contributed by atoms with Crippen LogP contribution in [0.4, 0.5) is 15.9 Å². The van der Waals surface area contributed by atoms with E-state index in [-0.39, 0.29) is 5.82 Å². The predicted molar refractivity (Wildman–Crippen MR) is 64.4 cm³/mol. The molecule has 0 spiro atoms. The monoisotopic (exact) mass is 301 g/mol. The van der Waals surface area contributed by atoms with Crippen LogP contribution in [0.5, 0.6) is 0 Å². The van der Waals surface area contributed by atoms with Gasteiger partial charge < -0.3 is 5.32 Å². The quantitative estimate of drug-likeness (QED) is 0.858. The molecule has 0 atom stereocenters. The van der Waals surface area contributed by atoms with Crippen LogP contribution in [0.15, 0.2) is 35.1 Å². The van der Waals surface area contributed by atoms with Crippen LogP contribution in [0.1, 0.15) is 0 Å². The molecule has 1 aromatic heterocycles. The van der Waals surface area contributed by atoms with Crippen molar-refractivity contribution in [1.82, 2.24) is 9.97 Å². The van der Waals surface area contributed by atoms with E-state index in [4.69, 9.17) is 11.6 Å². The Hall–Kier alpha value is -1.20. The van der Waals surface area contributed by atoms with Gasteiger partial charge in [-0.25, -0.2) is 14.4 Å². The fraction of sp³-hybridized carbons (Fsp3) is 0. The molecule has 0 aliphatic heterocycles. The topological polar surface area (TPSA) is 37.8 Å². The molecule has 0 radical (unpaired) electrons. The van der Waals surface area contributed by atoms with Gasteiger partial charge in [-0.2, -0.15) is 0 Å². The molecule has 0 aliphatic rings. The minimum Gasteiger partial charge on any atom is -0.339 e. The molecule has 2 aromatic rings. The summed E-state index contributed by atoms with van der Waals surface area (Å²) in [4.78, 5) is 7.71.